The van der Waals surface area contributed by atoms with Crippen LogP contribution >= 0.6 is 27.5 Å². The van der Waals surface area contributed by atoms with Gasteiger partial charge >= 0.3 is 0 Å². The fraction of sp³-hybridized carbons (Fsp3) is 0. The van der Waals surface area contributed by atoms with E-state index in [1.54, 1.807) is 0 Å². The lowest BCUT2D eigenvalue weighted by Crippen LogP contribution is -2.17. The summed E-state index contributed by atoms with van der Waals surface area (Å²) in [6, 6.07) is 11.7. The van der Waals surface area contributed by atoms with Gasteiger partial charge in [0, 0.05) is 9.50 Å². The standard InChI is InChI=1S/C14H10BrClN2O2/c15-10-3-1-9(2-4-10)8-17-18-14(20)12-6-5-11(16)7-13(12)19/h1-8,19H,(H,18,20)/b17-8-. The van der Waals surface area contributed by atoms with E-state index in [-0.39, 0.29) is 11.3 Å². The summed E-state index contributed by atoms with van der Waals surface area (Å²) in [5.41, 5.74) is 3.29. The normalized spacial score (nSPS) is 10.7. The number of nitrogens with zero attached hydrogens (tertiary/aromatic N) is 1. The fourth-order valence-corrected chi connectivity index (χ4v) is 1.90. The zero-order valence-corrected chi connectivity index (χ0v) is 12.5. The molecule has 0 aromatic heterocycles. The maximum absolute atomic E-state index is 11.8. The first kappa shape index (κ1) is 14.6. The Kier molecular flexibility index (Phi) is 4.76. The van der Waals surface area contributed by atoms with Crippen LogP contribution in [0.3, 0.4) is 0 Å². The molecule has 2 rings (SSSR count). The number of phenols is 1. The molecule has 0 saturated heterocycles. The van der Waals surface area contributed by atoms with E-state index in [9.17, 15) is 9.90 Å². The van der Waals surface area contributed by atoms with Crippen LogP contribution in [0.1, 0.15) is 15.9 Å². The highest BCUT2D eigenvalue weighted by molar-refractivity contribution is 9.10. The molecular weight excluding hydrogens is 344 g/mol. The first-order valence-corrected chi connectivity index (χ1v) is 6.81. The van der Waals surface area contributed by atoms with Crippen molar-refractivity contribution in [2.24, 2.45) is 5.10 Å². The van der Waals surface area contributed by atoms with Gasteiger partial charge in [-0.25, -0.2) is 5.43 Å². The molecule has 0 aliphatic heterocycles. The van der Waals surface area contributed by atoms with E-state index < -0.39 is 5.91 Å². The molecule has 20 heavy (non-hydrogen) atoms. The van der Waals surface area contributed by atoms with Crippen molar-refractivity contribution >= 4 is 39.7 Å². The van der Waals surface area contributed by atoms with Crippen molar-refractivity contribution < 1.29 is 9.90 Å². The van der Waals surface area contributed by atoms with Crippen molar-refractivity contribution in [2.75, 3.05) is 0 Å². The molecule has 0 atom stereocenters. The minimum Gasteiger partial charge on any atom is -0.507 e. The number of hydrogen-bond acceptors (Lipinski definition) is 3. The van der Waals surface area contributed by atoms with Gasteiger partial charge < -0.3 is 5.11 Å². The molecule has 0 heterocycles. The van der Waals surface area contributed by atoms with Gasteiger partial charge in [0.25, 0.3) is 5.91 Å². The molecule has 0 aliphatic rings. The Morgan fingerprint density at radius 1 is 1.25 bits per heavy atom. The van der Waals surface area contributed by atoms with Gasteiger partial charge in [0.15, 0.2) is 0 Å². The predicted molar refractivity (Wildman–Crippen MR) is 82.3 cm³/mol. The van der Waals surface area contributed by atoms with Crippen molar-refractivity contribution in [3.05, 3.63) is 63.1 Å². The lowest BCUT2D eigenvalue weighted by Gasteiger charge is -2.03. The Bertz CT molecular complexity index is 657. The lowest BCUT2D eigenvalue weighted by molar-refractivity contribution is 0.0952. The van der Waals surface area contributed by atoms with E-state index in [1.807, 2.05) is 24.3 Å². The third-order valence-corrected chi connectivity index (χ3v) is 3.22. The van der Waals surface area contributed by atoms with Gasteiger partial charge in [0.2, 0.25) is 0 Å². The summed E-state index contributed by atoms with van der Waals surface area (Å²) < 4.78 is 0.963. The number of hydrazone groups is 1. The number of carbonyl (C=O) groups is 1. The largest absolute Gasteiger partial charge is 0.507 e. The van der Waals surface area contributed by atoms with E-state index in [0.29, 0.717) is 5.02 Å². The zero-order chi connectivity index (χ0) is 14.5. The molecule has 102 valence electrons. The van der Waals surface area contributed by atoms with Crippen LogP contribution in [0.4, 0.5) is 0 Å². The Morgan fingerprint density at radius 3 is 2.60 bits per heavy atom. The summed E-state index contributed by atoms with van der Waals surface area (Å²) in [6.07, 6.45) is 1.51. The summed E-state index contributed by atoms with van der Waals surface area (Å²) in [7, 11) is 0. The number of nitrogens with one attached hydrogen (secondary N) is 1. The predicted octanol–water partition coefficient (Wildman–Crippen LogP) is 3.57. The summed E-state index contributed by atoms with van der Waals surface area (Å²) in [5.74, 6) is -0.693. The van der Waals surface area contributed by atoms with Gasteiger partial charge in [-0.05, 0) is 35.9 Å². The van der Waals surface area contributed by atoms with Gasteiger partial charge in [0.1, 0.15) is 5.75 Å². The first-order valence-electron chi connectivity index (χ1n) is 5.64. The van der Waals surface area contributed by atoms with Crippen molar-refractivity contribution in [1.82, 2.24) is 5.43 Å². The molecule has 0 fully saturated rings. The van der Waals surface area contributed by atoms with Crippen LogP contribution in [0.5, 0.6) is 5.75 Å². The highest BCUT2D eigenvalue weighted by Crippen LogP contribution is 2.21. The van der Waals surface area contributed by atoms with Gasteiger partial charge in [-0.2, -0.15) is 5.10 Å². The SMILES string of the molecule is O=C(N/N=C\c1ccc(Br)cc1)c1ccc(Cl)cc1O. The molecular formula is C14H10BrClN2O2. The van der Waals surface area contributed by atoms with Crippen LogP contribution in [0, 0.1) is 0 Å². The Labute approximate surface area is 129 Å². The Morgan fingerprint density at radius 2 is 1.95 bits per heavy atom. The number of phenolic OH excluding ortho intramolecular Hbond substituents is 1. The number of amides is 1. The molecule has 2 aromatic carbocycles. The van der Waals surface area contributed by atoms with E-state index in [1.165, 1.54) is 24.4 Å². The summed E-state index contributed by atoms with van der Waals surface area (Å²) in [5, 5.41) is 13.8. The molecule has 0 saturated carbocycles. The van der Waals surface area contributed by atoms with Crippen LogP contribution in [-0.2, 0) is 0 Å². The minimum atomic E-state index is -0.507. The summed E-state index contributed by atoms with van der Waals surface area (Å²) >= 11 is 9.02. The summed E-state index contributed by atoms with van der Waals surface area (Å²) in [6.45, 7) is 0. The molecule has 0 spiro atoms. The van der Waals surface area contributed by atoms with E-state index in [2.05, 4.69) is 26.5 Å². The average molecular weight is 354 g/mol. The van der Waals surface area contributed by atoms with Crippen LogP contribution in [-0.4, -0.2) is 17.2 Å². The van der Waals surface area contributed by atoms with Gasteiger partial charge in [-0.3, -0.25) is 4.79 Å². The maximum Gasteiger partial charge on any atom is 0.275 e. The highest BCUT2D eigenvalue weighted by Gasteiger charge is 2.10. The minimum absolute atomic E-state index is 0.113. The number of carbonyl (C=O) groups excluding carboxylic acids is 1. The van der Waals surface area contributed by atoms with Crippen LogP contribution in [0.25, 0.3) is 0 Å². The van der Waals surface area contributed by atoms with E-state index in [4.69, 9.17) is 11.6 Å². The molecule has 4 nitrogen and oxygen atoms in total. The molecule has 1 amide bonds. The van der Waals surface area contributed by atoms with Crippen molar-refractivity contribution in [1.29, 1.82) is 0 Å². The average Bonchev–Trinajstić information content (AvgIpc) is 2.41. The monoisotopic (exact) mass is 352 g/mol. The second-order valence-electron chi connectivity index (χ2n) is 3.91. The molecule has 0 aliphatic carbocycles. The maximum atomic E-state index is 11.8. The number of hydrogen-bond donors (Lipinski definition) is 2. The number of benzene rings is 2. The molecule has 6 heteroatoms. The quantitative estimate of drug-likeness (QED) is 0.654. The van der Waals surface area contributed by atoms with Gasteiger partial charge in [0.05, 0.1) is 11.8 Å². The zero-order valence-electron chi connectivity index (χ0n) is 10.2. The summed E-state index contributed by atoms with van der Waals surface area (Å²) in [4.78, 5) is 11.8. The second kappa shape index (κ2) is 6.54. The Hall–Kier alpha value is -1.85. The number of halogens is 2. The first-order chi connectivity index (χ1) is 9.56. The van der Waals surface area contributed by atoms with E-state index >= 15 is 0 Å². The third-order valence-electron chi connectivity index (χ3n) is 2.45. The fourth-order valence-electron chi connectivity index (χ4n) is 1.47. The van der Waals surface area contributed by atoms with Gasteiger partial charge in [-0.1, -0.05) is 39.7 Å². The molecule has 0 unspecified atom stereocenters. The van der Waals surface area contributed by atoms with Crippen LogP contribution in [0.15, 0.2) is 52.0 Å². The van der Waals surface area contributed by atoms with Crippen LogP contribution in [0.2, 0.25) is 5.02 Å². The smallest absolute Gasteiger partial charge is 0.275 e. The number of rotatable bonds is 3. The van der Waals surface area contributed by atoms with Crippen molar-refractivity contribution in [2.45, 2.75) is 0 Å². The molecule has 2 aromatic rings. The third kappa shape index (κ3) is 3.82. The lowest BCUT2D eigenvalue weighted by atomic mass is 10.2. The Balaban J connectivity index is 2.03. The van der Waals surface area contributed by atoms with Crippen molar-refractivity contribution in [3.8, 4) is 5.75 Å². The molecule has 0 radical (unpaired) electrons. The van der Waals surface area contributed by atoms with E-state index in [0.717, 1.165) is 10.0 Å². The highest BCUT2D eigenvalue weighted by atomic mass is 79.9. The van der Waals surface area contributed by atoms with Gasteiger partial charge in [-0.15, -0.1) is 0 Å². The van der Waals surface area contributed by atoms with Crippen molar-refractivity contribution in [3.63, 3.8) is 0 Å². The topological polar surface area (TPSA) is 61.7 Å². The second-order valence-corrected chi connectivity index (χ2v) is 5.26. The van der Waals surface area contributed by atoms with Crippen LogP contribution < -0.4 is 5.43 Å². The molecule has 2 N–H and O–H groups in total. The number of aromatic hydroxyl groups is 1. The molecule has 0 bridgehead atoms.